The molecule has 0 aliphatic rings. The van der Waals surface area contributed by atoms with Crippen molar-refractivity contribution in [1.82, 2.24) is 24.6 Å². The van der Waals surface area contributed by atoms with E-state index in [1.54, 1.807) is 29.8 Å². The Kier molecular flexibility index (Phi) is 7.10. The van der Waals surface area contributed by atoms with Gasteiger partial charge < -0.3 is 10.6 Å². The average molecular weight is 547 g/mol. The molecule has 0 unspecified atom stereocenters. The van der Waals surface area contributed by atoms with Crippen LogP contribution in [0.25, 0.3) is 33.1 Å². The number of benzene rings is 2. The molecule has 0 bridgehead atoms. The number of carbonyl (C=O) groups is 1. The maximum Gasteiger partial charge on any atom is 0.259 e. The van der Waals surface area contributed by atoms with Gasteiger partial charge in [0.2, 0.25) is 0 Å². The Labute approximate surface area is 229 Å². The van der Waals surface area contributed by atoms with Crippen LogP contribution < -0.4 is 16.2 Å². The van der Waals surface area contributed by atoms with E-state index in [2.05, 4.69) is 26.8 Å². The van der Waals surface area contributed by atoms with Crippen LogP contribution in [0.15, 0.2) is 53.5 Å². The first-order valence-corrected chi connectivity index (χ1v) is 13.0. The molecule has 10 heteroatoms. The highest BCUT2D eigenvalue weighted by Crippen LogP contribution is 2.31. The Morgan fingerprint density at radius 1 is 1.13 bits per heavy atom. The molecule has 1 amide bonds. The first-order valence-electron chi connectivity index (χ1n) is 12.6. The Morgan fingerprint density at radius 2 is 1.92 bits per heavy atom. The van der Waals surface area contributed by atoms with Crippen molar-refractivity contribution in [2.75, 3.05) is 18.9 Å². The summed E-state index contributed by atoms with van der Waals surface area (Å²) >= 11 is 6.18. The van der Waals surface area contributed by atoms with E-state index < -0.39 is 11.7 Å². The van der Waals surface area contributed by atoms with Crippen LogP contribution in [0.1, 0.15) is 28.4 Å². The zero-order valence-corrected chi connectivity index (χ0v) is 22.9. The topological polar surface area (TPSA) is 93.8 Å². The highest BCUT2D eigenvalue weighted by atomic mass is 35.5. The van der Waals surface area contributed by atoms with Gasteiger partial charge in [-0.1, -0.05) is 29.3 Å². The van der Waals surface area contributed by atoms with Crippen molar-refractivity contribution in [3.05, 3.63) is 86.7 Å². The molecule has 2 aromatic carbocycles. The molecule has 0 saturated carbocycles. The Hall–Kier alpha value is -4.24. The van der Waals surface area contributed by atoms with Gasteiger partial charge in [-0.05, 0) is 56.2 Å². The van der Waals surface area contributed by atoms with E-state index in [-0.39, 0.29) is 16.3 Å². The van der Waals surface area contributed by atoms with Crippen LogP contribution in [0.4, 0.5) is 10.1 Å². The van der Waals surface area contributed by atoms with Gasteiger partial charge in [-0.2, -0.15) is 5.10 Å². The van der Waals surface area contributed by atoms with E-state index in [0.717, 1.165) is 27.5 Å². The van der Waals surface area contributed by atoms with Crippen LogP contribution in [0.3, 0.4) is 0 Å². The standard InChI is InChI=1S/C29H28ClFN6O2/c1-5-37-28-21(15-34-37)25-17(12-16(2)13-20(25)29(39)36(28)4)10-11-33-23-8-9-24(30)35-26(23)18-6-7-19(22(31)14-18)27(38)32-3/h6-9,12-15,33H,5,10-11H2,1-4H3,(H,32,38). The van der Waals surface area contributed by atoms with Crippen molar-refractivity contribution in [1.29, 1.82) is 0 Å². The molecule has 0 spiro atoms. The lowest BCUT2D eigenvalue weighted by Gasteiger charge is -2.15. The molecule has 39 heavy (non-hydrogen) atoms. The molecule has 0 aliphatic heterocycles. The lowest BCUT2D eigenvalue weighted by atomic mass is 9.98. The van der Waals surface area contributed by atoms with Gasteiger partial charge in [0, 0.05) is 48.9 Å². The number of hydrogen-bond acceptors (Lipinski definition) is 5. The van der Waals surface area contributed by atoms with Gasteiger partial charge in [0.15, 0.2) is 0 Å². The number of amides is 1. The third-order valence-electron chi connectivity index (χ3n) is 6.88. The molecule has 0 aliphatic carbocycles. The largest absolute Gasteiger partial charge is 0.383 e. The van der Waals surface area contributed by atoms with Crippen molar-refractivity contribution in [2.24, 2.45) is 7.05 Å². The van der Waals surface area contributed by atoms with Crippen molar-refractivity contribution in [3.63, 3.8) is 0 Å². The molecule has 0 fully saturated rings. The number of nitrogens with zero attached hydrogens (tertiary/aromatic N) is 4. The van der Waals surface area contributed by atoms with E-state index in [0.29, 0.717) is 41.8 Å². The lowest BCUT2D eigenvalue weighted by molar-refractivity contribution is 0.0959. The first-order chi connectivity index (χ1) is 18.7. The maximum atomic E-state index is 14.7. The highest BCUT2D eigenvalue weighted by molar-refractivity contribution is 6.29. The fourth-order valence-electron chi connectivity index (χ4n) is 5.07. The van der Waals surface area contributed by atoms with Gasteiger partial charge in [-0.3, -0.25) is 14.2 Å². The van der Waals surface area contributed by atoms with Gasteiger partial charge in [0.1, 0.15) is 16.6 Å². The van der Waals surface area contributed by atoms with Crippen LogP contribution >= 0.6 is 11.6 Å². The normalized spacial score (nSPS) is 11.3. The molecule has 8 nitrogen and oxygen atoms in total. The molecule has 5 aromatic rings. The Bertz CT molecular complexity index is 1810. The summed E-state index contributed by atoms with van der Waals surface area (Å²) in [4.78, 5) is 29.6. The molecule has 3 heterocycles. The maximum absolute atomic E-state index is 14.7. The second-order valence-electron chi connectivity index (χ2n) is 9.39. The van der Waals surface area contributed by atoms with Crippen LogP contribution in [0.2, 0.25) is 5.15 Å². The predicted octanol–water partition coefficient (Wildman–Crippen LogP) is 5.09. The second-order valence-corrected chi connectivity index (χ2v) is 9.78. The summed E-state index contributed by atoms with van der Waals surface area (Å²) in [6.07, 6.45) is 2.44. The summed E-state index contributed by atoms with van der Waals surface area (Å²) < 4.78 is 18.2. The molecular weight excluding hydrogens is 519 g/mol. The molecule has 200 valence electrons. The third-order valence-corrected chi connectivity index (χ3v) is 7.09. The Balaban J connectivity index is 1.50. The SMILES string of the molecule is CCn1ncc2c3c(CCNc4ccc(Cl)nc4-c4ccc(C(=O)NC)c(F)c4)cc(C)cc3c(=O)n(C)c21. The number of fused-ring (bicyclic) bond motifs is 3. The molecule has 3 aromatic heterocycles. The van der Waals surface area contributed by atoms with E-state index >= 15 is 0 Å². The molecule has 5 rings (SSSR count). The smallest absolute Gasteiger partial charge is 0.259 e. The summed E-state index contributed by atoms with van der Waals surface area (Å²) in [7, 11) is 3.23. The summed E-state index contributed by atoms with van der Waals surface area (Å²) in [5.74, 6) is -1.15. The number of hydrogen-bond donors (Lipinski definition) is 2. The quantitative estimate of drug-likeness (QED) is 0.277. The number of rotatable bonds is 7. The summed E-state index contributed by atoms with van der Waals surface area (Å²) in [6, 6.07) is 11.8. The number of carbonyl (C=O) groups excluding carboxylic acids is 1. The van der Waals surface area contributed by atoms with Gasteiger partial charge >= 0.3 is 0 Å². The minimum Gasteiger partial charge on any atom is -0.383 e. The van der Waals surface area contributed by atoms with E-state index in [1.807, 2.05) is 30.8 Å². The van der Waals surface area contributed by atoms with Crippen LogP contribution in [-0.4, -0.2) is 38.8 Å². The van der Waals surface area contributed by atoms with Gasteiger partial charge in [-0.15, -0.1) is 0 Å². The first kappa shape index (κ1) is 26.4. The summed E-state index contributed by atoms with van der Waals surface area (Å²) in [5.41, 5.74) is 4.34. The Morgan fingerprint density at radius 3 is 2.64 bits per heavy atom. The third kappa shape index (κ3) is 4.74. The number of anilines is 1. The fourth-order valence-corrected chi connectivity index (χ4v) is 5.22. The van der Waals surface area contributed by atoms with Gasteiger partial charge in [-0.25, -0.2) is 14.1 Å². The molecule has 0 saturated heterocycles. The van der Waals surface area contributed by atoms with E-state index in [9.17, 15) is 14.0 Å². The average Bonchev–Trinajstić information content (AvgIpc) is 3.36. The van der Waals surface area contributed by atoms with Crippen LogP contribution in [-0.2, 0) is 20.0 Å². The number of pyridine rings is 2. The monoisotopic (exact) mass is 546 g/mol. The molecular formula is C29H28ClFN6O2. The van der Waals surface area contributed by atoms with Crippen molar-refractivity contribution < 1.29 is 9.18 Å². The van der Waals surface area contributed by atoms with Crippen molar-refractivity contribution in [2.45, 2.75) is 26.8 Å². The van der Waals surface area contributed by atoms with E-state index in [4.69, 9.17) is 11.6 Å². The molecule has 2 N–H and O–H groups in total. The fraction of sp³-hybridized carbons (Fsp3) is 0.241. The van der Waals surface area contributed by atoms with Crippen LogP contribution in [0, 0.1) is 12.7 Å². The van der Waals surface area contributed by atoms with Crippen molar-refractivity contribution >= 4 is 45.0 Å². The molecule has 0 radical (unpaired) electrons. The van der Waals surface area contributed by atoms with Crippen molar-refractivity contribution in [3.8, 4) is 11.3 Å². The second kappa shape index (κ2) is 10.5. The lowest BCUT2D eigenvalue weighted by Crippen LogP contribution is -2.20. The van der Waals surface area contributed by atoms with Gasteiger partial charge in [0.25, 0.3) is 11.5 Å². The summed E-state index contributed by atoms with van der Waals surface area (Å²) in [6.45, 7) is 5.15. The molecule has 0 atom stereocenters. The zero-order valence-electron chi connectivity index (χ0n) is 22.1. The number of nitrogens with one attached hydrogen (secondary N) is 2. The number of halogens is 2. The van der Waals surface area contributed by atoms with E-state index in [1.165, 1.54) is 19.2 Å². The van der Waals surface area contributed by atoms with Crippen LogP contribution in [0.5, 0.6) is 0 Å². The summed E-state index contributed by atoms with van der Waals surface area (Å²) in [5, 5.41) is 13.1. The predicted molar refractivity (Wildman–Crippen MR) is 153 cm³/mol. The van der Waals surface area contributed by atoms with Gasteiger partial charge in [0.05, 0.1) is 23.1 Å². The minimum atomic E-state index is -0.649. The zero-order chi connectivity index (χ0) is 27.8. The number of aryl methyl sites for hydroxylation is 3. The number of aromatic nitrogens is 4. The highest BCUT2D eigenvalue weighted by Gasteiger charge is 2.18. The minimum absolute atomic E-state index is 0.0482.